The van der Waals surface area contributed by atoms with Gasteiger partial charge in [0.1, 0.15) is 5.82 Å². The molecule has 1 heterocycles. The first-order chi connectivity index (χ1) is 9.60. The van der Waals surface area contributed by atoms with Gasteiger partial charge < -0.3 is 5.32 Å². The molecule has 0 bridgehead atoms. The van der Waals surface area contributed by atoms with E-state index in [1.807, 2.05) is 13.8 Å². The van der Waals surface area contributed by atoms with Gasteiger partial charge in [-0.2, -0.15) is 26.6 Å². The molecule has 0 fully saturated rings. The van der Waals surface area contributed by atoms with Gasteiger partial charge in [0.25, 0.3) is 0 Å². The summed E-state index contributed by atoms with van der Waals surface area (Å²) in [4.78, 5) is 7.35. The van der Waals surface area contributed by atoms with E-state index in [0.717, 1.165) is 12.8 Å². The van der Waals surface area contributed by atoms with Crippen LogP contribution >= 0.6 is 0 Å². The average molecular weight is 326 g/mol. The quantitative estimate of drug-likeness (QED) is 0.839. The van der Waals surface area contributed by atoms with Crippen LogP contribution in [0, 0.1) is 6.92 Å². The van der Waals surface area contributed by atoms with Gasteiger partial charge >= 0.3 is 15.5 Å². The third-order valence-corrected chi connectivity index (χ3v) is 3.89. The number of hydrogen-bond donors (Lipinski definition) is 2. The third-order valence-electron chi connectivity index (χ3n) is 2.83. The Labute approximate surface area is 121 Å². The topological polar surface area (TPSA) is 84.0 Å². The Kier molecular flexibility index (Phi) is 5.37. The van der Waals surface area contributed by atoms with Crippen molar-refractivity contribution >= 4 is 21.8 Å². The fraction of sp³-hybridized carbons (Fsp3) is 0.636. The standard InChI is InChI=1S/C11H17F3N4O2S/c1-4-8(5-2)16-9-7(3)6-15-10(17-9)18-21(19,20)11(12,13)14/h6,8H,4-5H2,1-3H3,(H2,15,16,17,18). The zero-order valence-corrected chi connectivity index (χ0v) is 12.6. The number of sulfonamides is 1. The number of aromatic nitrogens is 2. The van der Waals surface area contributed by atoms with Crippen LogP contribution in [0.15, 0.2) is 6.20 Å². The maximum atomic E-state index is 12.3. The van der Waals surface area contributed by atoms with Crippen LogP contribution in [-0.2, 0) is 10.0 Å². The van der Waals surface area contributed by atoms with Crippen LogP contribution in [0.25, 0.3) is 0 Å². The molecule has 0 aliphatic rings. The van der Waals surface area contributed by atoms with E-state index >= 15 is 0 Å². The Morgan fingerprint density at radius 1 is 1.29 bits per heavy atom. The monoisotopic (exact) mass is 326 g/mol. The lowest BCUT2D eigenvalue weighted by Gasteiger charge is -2.17. The molecule has 21 heavy (non-hydrogen) atoms. The minimum absolute atomic E-state index is 0.0886. The molecule has 0 saturated carbocycles. The van der Waals surface area contributed by atoms with Crippen LogP contribution in [0.2, 0.25) is 0 Å². The van der Waals surface area contributed by atoms with Crippen molar-refractivity contribution in [1.29, 1.82) is 0 Å². The molecule has 0 unspecified atom stereocenters. The number of nitrogens with zero attached hydrogens (tertiary/aromatic N) is 2. The third kappa shape index (κ3) is 4.45. The molecule has 0 aliphatic heterocycles. The van der Waals surface area contributed by atoms with Gasteiger partial charge in [0.05, 0.1) is 0 Å². The Morgan fingerprint density at radius 3 is 2.33 bits per heavy atom. The number of anilines is 2. The molecule has 1 rings (SSSR count). The lowest BCUT2D eigenvalue weighted by Crippen LogP contribution is -2.31. The van der Waals surface area contributed by atoms with Gasteiger partial charge in [-0.25, -0.2) is 9.71 Å². The van der Waals surface area contributed by atoms with Gasteiger partial charge in [0.15, 0.2) is 0 Å². The molecule has 0 aromatic carbocycles. The molecule has 0 atom stereocenters. The second-order valence-corrected chi connectivity index (χ2v) is 6.11. The van der Waals surface area contributed by atoms with Gasteiger partial charge in [-0.05, 0) is 19.8 Å². The summed E-state index contributed by atoms with van der Waals surface area (Å²) in [5.41, 5.74) is -4.80. The van der Waals surface area contributed by atoms with Gasteiger partial charge in [-0.3, -0.25) is 0 Å². The Hall–Kier alpha value is -1.58. The fourth-order valence-corrected chi connectivity index (χ4v) is 1.96. The van der Waals surface area contributed by atoms with E-state index in [9.17, 15) is 21.6 Å². The normalized spacial score (nSPS) is 12.5. The van der Waals surface area contributed by atoms with E-state index in [1.165, 1.54) is 10.9 Å². The molecule has 10 heteroatoms. The van der Waals surface area contributed by atoms with E-state index in [1.54, 1.807) is 6.92 Å². The number of hydrogen-bond acceptors (Lipinski definition) is 5. The highest BCUT2D eigenvalue weighted by molar-refractivity contribution is 7.93. The van der Waals surface area contributed by atoms with Crippen molar-refractivity contribution in [1.82, 2.24) is 9.97 Å². The van der Waals surface area contributed by atoms with Crippen molar-refractivity contribution in [3.05, 3.63) is 11.8 Å². The van der Waals surface area contributed by atoms with E-state index in [-0.39, 0.29) is 6.04 Å². The Balaban J connectivity index is 3.02. The van der Waals surface area contributed by atoms with Gasteiger partial charge in [-0.15, -0.1) is 0 Å². The first kappa shape index (κ1) is 17.5. The molecular weight excluding hydrogens is 309 g/mol. The van der Waals surface area contributed by atoms with Crippen molar-refractivity contribution in [2.75, 3.05) is 10.0 Å². The summed E-state index contributed by atoms with van der Waals surface area (Å²) in [6.07, 6.45) is 2.85. The highest BCUT2D eigenvalue weighted by Crippen LogP contribution is 2.25. The number of rotatable bonds is 6. The van der Waals surface area contributed by atoms with Crippen LogP contribution in [0.3, 0.4) is 0 Å². The molecule has 2 N–H and O–H groups in total. The summed E-state index contributed by atoms with van der Waals surface area (Å²) in [7, 11) is -5.52. The van der Waals surface area contributed by atoms with E-state index in [0.29, 0.717) is 11.4 Å². The molecule has 1 aromatic rings. The van der Waals surface area contributed by atoms with E-state index in [4.69, 9.17) is 0 Å². The zero-order valence-electron chi connectivity index (χ0n) is 11.8. The fourth-order valence-electron chi connectivity index (χ4n) is 1.50. The summed E-state index contributed by atoms with van der Waals surface area (Å²) in [6, 6.07) is 0.0886. The van der Waals surface area contributed by atoms with E-state index < -0.39 is 21.5 Å². The van der Waals surface area contributed by atoms with Crippen molar-refractivity contribution in [3.63, 3.8) is 0 Å². The van der Waals surface area contributed by atoms with Gasteiger partial charge in [0.2, 0.25) is 5.95 Å². The van der Waals surface area contributed by atoms with Crippen molar-refractivity contribution < 1.29 is 21.6 Å². The lowest BCUT2D eigenvalue weighted by molar-refractivity contribution is -0.0429. The number of nitrogens with one attached hydrogen (secondary N) is 2. The second-order valence-electron chi connectivity index (χ2n) is 4.43. The molecule has 0 radical (unpaired) electrons. The predicted octanol–water partition coefficient (Wildman–Crippen LogP) is 2.65. The van der Waals surface area contributed by atoms with Crippen molar-refractivity contribution in [2.24, 2.45) is 0 Å². The van der Waals surface area contributed by atoms with E-state index in [2.05, 4.69) is 15.3 Å². The number of aryl methyl sites for hydroxylation is 1. The van der Waals surface area contributed by atoms with Gasteiger partial charge in [-0.1, -0.05) is 13.8 Å². The first-order valence-electron chi connectivity index (χ1n) is 6.30. The summed E-state index contributed by atoms with van der Waals surface area (Å²) in [6.45, 7) is 5.57. The Bertz CT molecular complexity index is 586. The summed E-state index contributed by atoms with van der Waals surface area (Å²) in [5.74, 6) is -0.315. The lowest BCUT2D eigenvalue weighted by atomic mass is 10.1. The second kappa shape index (κ2) is 6.46. The summed E-state index contributed by atoms with van der Waals surface area (Å²) < 4.78 is 60.2. The molecule has 6 nitrogen and oxygen atoms in total. The maximum Gasteiger partial charge on any atom is 0.516 e. The number of halogens is 3. The van der Waals surface area contributed by atoms with Crippen LogP contribution in [0.1, 0.15) is 32.3 Å². The highest BCUT2D eigenvalue weighted by atomic mass is 32.2. The van der Waals surface area contributed by atoms with Gasteiger partial charge in [0, 0.05) is 17.8 Å². The zero-order chi connectivity index (χ0) is 16.3. The summed E-state index contributed by atoms with van der Waals surface area (Å²) >= 11 is 0. The molecular formula is C11H17F3N4O2S. The molecule has 1 aromatic heterocycles. The molecule has 0 amide bonds. The maximum absolute atomic E-state index is 12.3. The molecule has 120 valence electrons. The van der Waals surface area contributed by atoms with Crippen molar-refractivity contribution in [2.45, 2.75) is 45.2 Å². The smallest absolute Gasteiger partial charge is 0.367 e. The minimum atomic E-state index is -5.52. The predicted molar refractivity (Wildman–Crippen MR) is 73.4 cm³/mol. The van der Waals surface area contributed by atoms with Crippen LogP contribution < -0.4 is 10.0 Å². The first-order valence-corrected chi connectivity index (χ1v) is 7.78. The largest absolute Gasteiger partial charge is 0.516 e. The van der Waals surface area contributed by atoms with Crippen LogP contribution in [0.4, 0.5) is 24.9 Å². The highest BCUT2D eigenvalue weighted by Gasteiger charge is 2.46. The SMILES string of the molecule is CCC(CC)Nc1nc(NS(=O)(=O)C(F)(F)F)ncc1C. The van der Waals surface area contributed by atoms with Crippen LogP contribution in [0.5, 0.6) is 0 Å². The average Bonchev–Trinajstić information content (AvgIpc) is 2.37. The molecule has 0 spiro atoms. The summed E-state index contributed by atoms with van der Waals surface area (Å²) in [5, 5.41) is 3.04. The minimum Gasteiger partial charge on any atom is -0.367 e. The molecule has 0 aliphatic carbocycles. The van der Waals surface area contributed by atoms with Crippen molar-refractivity contribution in [3.8, 4) is 0 Å². The van der Waals surface area contributed by atoms with Crippen LogP contribution in [-0.4, -0.2) is 29.9 Å². The number of alkyl halides is 3. The Morgan fingerprint density at radius 2 is 1.86 bits per heavy atom. The molecule has 0 saturated heterocycles.